The van der Waals surface area contributed by atoms with Gasteiger partial charge in [0.2, 0.25) is 0 Å². The normalized spacial score (nSPS) is 11.1. The fraction of sp³-hybridized carbons (Fsp3) is 0.812. The predicted octanol–water partition coefficient (Wildman–Crippen LogP) is 3.73. The first kappa shape index (κ1) is 16.2. The van der Waals surface area contributed by atoms with Crippen LogP contribution in [0.1, 0.15) is 70.2 Å². The molecule has 3 nitrogen and oxygen atoms in total. The summed E-state index contributed by atoms with van der Waals surface area (Å²) >= 11 is 0. The van der Waals surface area contributed by atoms with Crippen molar-refractivity contribution in [1.29, 1.82) is 0 Å². The number of hydrogen-bond acceptors (Lipinski definition) is 2. The first-order valence-corrected chi connectivity index (χ1v) is 7.98. The molecule has 0 saturated carbocycles. The second-order valence-electron chi connectivity index (χ2n) is 5.34. The van der Waals surface area contributed by atoms with Gasteiger partial charge in [-0.3, -0.25) is 4.68 Å². The molecule has 0 aliphatic heterocycles. The largest absolute Gasteiger partial charge is 0.396 e. The maximum absolute atomic E-state index is 8.92. The van der Waals surface area contributed by atoms with Gasteiger partial charge in [-0.05, 0) is 38.2 Å². The summed E-state index contributed by atoms with van der Waals surface area (Å²) in [4.78, 5) is 0. The van der Waals surface area contributed by atoms with E-state index in [1.807, 2.05) is 0 Å². The van der Waals surface area contributed by atoms with Crippen LogP contribution in [0, 0.1) is 0 Å². The summed E-state index contributed by atoms with van der Waals surface area (Å²) in [6.07, 6.45) is 10.4. The highest BCUT2D eigenvalue weighted by Crippen LogP contribution is 2.12. The molecule has 1 N–H and O–H groups in total. The van der Waals surface area contributed by atoms with Gasteiger partial charge in [0.25, 0.3) is 0 Å². The second kappa shape index (κ2) is 10.0. The third-order valence-corrected chi connectivity index (χ3v) is 3.51. The highest BCUT2D eigenvalue weighted by Gasteiger charge is 2.07. The van der Waals surface area contributed by atoms with Crippen LogP contribution in [0.4, 0.5) is 0 Å². The van der Waals surface area contributed by atoms with Crippen molar-refractivity contribution in [3.8, 4) is 0 Å². The first-order chi connectivity index (χ1) is 9.31. The highest BCUT2D eigenvalue weighted by molar-refractivity contribution is 5.11. The lowest BCUT2D eigenvalue weighted by Gasteiger charge is -2.06. The lowest BCUT2D eigenvalue weighted by atomic mass is 10.1. The number of aliphatic hydroxyl groups is 1. The Kier molecular flexibility index (Phi) is 8.55. The maximum Gasteiger partial charge on any atom is 0.0628 e. The molecule has 1 aromatic rings. The molecule has 1 heterocycles. The molecule has 0 aliphatic rings. The number of aryl methyl sites for hydroxylation is 3. The molecule has 0 amide bonds. The lowest BCUT2D eigenvalue weighted by molar-refractivity contribution is 0.288. The zero-order valence-electron chi connectivity index (χ0n) is 12.7. The molecular formula is C16H30N2O. The molecule has 1 aromatic heterocycles. The minimum absolute atomic E-state index is 0.258. The van der Waals surface area contributed by atoms with Crippen molar-refractivity contribution in [3.63, 3.8) is 0 Å². The zero-order valence-corrected chi connectivity index (χ0v) is 12.7. The van der Waals surface area contributed by atoms with E-state index in [9.17, 15) is 0 Å². The van der Waals surface area contributed by atoms with Gasteiger partial charge in [-0.15, -0.1) is 0 Å². The van der Waals surface area contributed by atoms with Crippen LogP contribution in [0.3, 0.4) is 0 Å². The van der Waals surface area contributed by atoms with E-state index in [-0.39, 0.29) is 6.61 Å². The predicted molar refractivity (Wildman–Crippen MR) is 80.4 cm³/mol. The molecule has 0 bridgehead atoms. The first-order valence-electron chi connectivity index (χ1n) is 7.98. The van der Waals surface area contributed by atoms with E-state index < -0.39 is 0 Å². The van der Waals surface area contributed by atoms with Crippen molar-refractivity contribution >= 4 is 0 Å². The summed E-state index contributed by atoms with van der Waals surface area (Å²) in [5.41, 5.74) is 2.54. The Hall–Kier alpha value is -0.830. The van der Waals surface area contributed by atoms with Crippen molar-refractivity contribution in [2.24, 2.45) is 0 Å². The van der Waals surface area contributed by atoms with Crippen molar-refractivity contribution in [2.45, 2.75) is 78.2 Å². The molecule has 3 heteroatoms. The Morgan fingerprint density at radius 3 is 2.42 bits per heavy atom. The van der Waals surface area contributed by atoms with Gasteiger partial charge in [0.15, 0.2) is 0 Å². The second-order valence-corrected chi connectivity index (χ2v) is 5.34. The summed E-state index contributed by atoms with van der Waals surface area (Å²) in [6.45, 7) is 5.78. The molecular weight excluding hydrogens is 236 g/mol. The lowest BCUT2D eigenvalue weighted by Crippen LogP contribution is -2.05. The quantitative estimate of drug-likeness (QED) is 0.620. The number of unbranched alkanes of at least 4 members (excludes halogenated alkanes) is 4. The zero-order chi connectivity index (χ0) is 13.9. The van der Waals surface area contributed by atoms with Gasteiger partial charge in [0.05, 0.1) is 5.69 Å². The standard InChI is InChI=1S/C16H30N2O/c1-3-5-7-11-16-14-15(10-9-13-19)17-18(16)12-8-6-4-2/h14,19H,3-13H2,1-2H3. The van der Waals surface area contributed by atoms with E-state index >= 15 is 0 Å². The van der Waals surface area contributed by atoms with Crippen LogP contribution in [0.25, 0.3) is 0 Å². The fourth-order valence-electron chi connectivity index (χ4n) is 2.36. The van der Waals surface area contributed by atoms with Crippen molar-refractivity contribution in [2.75, 3.05) is 6.61 Å². The van der Waals surface area contributed by atoms with Gasteiger partial charge in [-0.1, -0.05) is 39.5 Å². The van der Waals surface area contributed by atoms with Crippen molar-refractivity contribution < 1.29 is 5.11 Å². The number of nitrogens with zero attached hydrogens (tertiary/aromatic N) is 2. The Morgan fingerprint density at radius 1 is 1.00 bits per heavy atom. The third kappa shape index (κ3) is 6.24. The molecule has 0 atom stereocenters. The summed E-state index contributed by atoms with van der Waals surface area (Å²) in [6, 6.07) is 2.25. The Labute approximate surface area is 118 Å². The van der Waals surface area contributed by atoms with Crippen LogP contribution >= 0.6 is 0 Å². The molecule has 0 aromatic carbocycles. The Bertz CT molecular complexity index is 306. The molecule has 0 aliphatic carbocycles. The van der Waals surface area contributed by atoms with Gasteiger partial charge in [-0.2, -0.15) is 5.10 Å². The van der Waals surface area contributed by atoms with Crippen molar-refractivity contribution in [1.82, 2.24) is 9.78 Å². The summed E-state index contributed by atoms with van der Waals surface area (Å²) < 4.78 is 2.21. The number of hydrogen-bond donors (Lipinski definition) is 1. The van der Waals surface area contributed by atoms with E-state index in [0.717, 1.165) is 31.5 Å². The monoisotopic (exact) mass is 266 g/mol. The van der Waals surface area contributed by atoms with Gasteiger partial charge in [0, 0.05) is 18.8 Å². The topological polar surface area (TPSA) is 38.1 Å². The molecule has 1 rings (SSSR count). The molecule has 0 saturated heterocycles. The Balaban J connectivity index is 2.58. The fourth-order valence-corrected chi connectivity index (χ4v) is 2.36. The van der Waals surface area contributed by atoms with Gasteiger partial charge in [-0.25, -0.2) is 0 Å². The summed E-state index contributed by atoms with van der Waals surface area (Å²) in [5, 5.41) is 13.6. The third-order valence-electron chi connectivity index (χ3n) is 3.51. The minimum Gasteiger partial charge on any atom is -0.396 e. The van der Waals surface area contributed by atoms with E-state index in [1.54, 1.807) is 0 Å². The molecule has 0 unspecified atom stereocenters. The average Bonchev–Trinajstić information content (AvgIpc) is 2.80. The maximum atomic E-state index is 8.92. The van der Waals surface area contributed by atoms with Crippen LogP contribution in [0.5, 0.6) is 0 Å². The summed E-state index contributed by atoms with van der Waals surface area (Å²) in [7, 11) is 0. The number of aromatic nitrogens is 2. The Morgan fingerprint density at radius 2 is 1.74 bits per heavy atom. The van der Waals surface area contributed by atoms with Gasteiger partial charge >= 0.3 is 0 Å². The van der Waals surface area contributed by atoms with Crippen LogP contribution in [0.15, 0.2) is 6.07 Å². The van der Waals surface area contributed by atoms with E-state index in [0.29, 0.717) is 0 Å². The SMILES string of the molecule is CCCCCc1cc(CCCO)nn1CCCCC. The van der Waals surface area contributed by atoms with E-state index in [4.69, 9.17) is 10.2 Å². The van der Waals surface area contributed by atoms with Crippen molar-refractivity contribution in [3.05, 3.63) is 17.5 Å². The number of aliphatic hydroxyl groups excluding tert-OH is 1. The van der Waals surface area contributed by atoms with E-state index in [2.05, 4.69) is 24.6 Å². The molecule has 19 heavy (non-hydrogen) atoms. The molecule has 0 radical (unpaired) electrons. The van der Waals surface area contributed by atoms with Crippen LogP contribution in [-0.4, -0.2) is 21.5 Å². The number of rotatable bonds is 11. The van der Waals surface area contributed by atoms with Gasteiger partial charge in [0.1, 0.15) is 0 Å². The average molecular weight is 266 g/mol. The van der Waals surface area contributed by atoms with Crippen LogP contribution < -0.4 is 0 Å². The molecule has 0 spiro atoms. The molecule has 110 valence electrons. The van der Waals surface area contributed by atoms with E-state index in [1.165, 1.54) is 44.2 Å². The molecule has 0 fully saturated rings. The minimum atomic E-state index is 0.258. The highest BCUT2D eigenvalue weighted by atomic mass is 16.2. The smallest absolute Gasteiger partial charge is 0.0628 e. The summed E-state index contributed by atoms with van der Waals surface area (Å²) in [5.74, 6) is 0. The van der Waals surface area contributed by atoms with Gasteiger partial charge < -0.3 is 5.11 Å². The van der Waals surface area contributed by atoms with Crippen LogP contribution in [-0.2, 0) is 19.4 Å². The van der Waals surface area contributed by atoms with Crippen LogP contribution in [0.2, 0.25) is 0 Å².